The molecule has 2 rings (SSSR count). The van der Waals surface area contributed by atoms with E-state index in [9.17, 15) is 9.18 Å². The number of halogens is 1. The van der Waals surface area contributed by atoms with Gasteiger partial charge in [-0.1, -0.05) is 13.3 Å². The van der Waals surface area contributed by atoms with Crippen LogP contribution in [0.3, 0.4) is 0 Å². The van der Waals surface area contributed by atoms with Crippen LogP contribution in [-0.2, 0) is 4.79 Å². The monoisotopic (exact) mass is 277 g/mol. The Kier molecular flexibility index (Phi) is 5.09. The summed E-state index contributed by atoms with van der Waals surface area (Å²) in [5, 5.41) is 7.13. The maximum Gasteiger partial charge on any atom is 0.259 e. The van der Waals surface area contributed by atoms with Crippen molar-refractivity contribution in [3.05, 3.63) is 30.1 Å². The number of carbonyl (C=O) groups is 1. The van der Waals surface area contributed by atoms with Gasteiger partial charge in [-0.3, -0.25) is 4.79 Å². The Morgan fingerprint density at radius 3 is 2.80 bits per heavy atom. The van der Waals surface area contributed by atoms with Crippen LogP contribution in [-0.4, -0.2) is 18.2 Å². The number of rotatable bonds is 4. The second-order valence-corrected chi connectivity index (χ2v) is 5.15. The molecule has 0 spiro atoms. The van der Waals surface area contributed by atoms with E-state index in [1.54, 1.807) is 12.1 Å². The topological polar surface area (TPSA) is 53.5 Å². The number of benzene rings is 1. The molecule has 1 aliphatic rings. The van der Waals surface area contributed by atoms with Crippen molar-refractivity contribution in [2.75, 3.05) is 11.9 Å². The Hall–Kier alpha value is -1.91. The molecule has 4 nitrogen and oxygen atoms in total. The highest BCUT2D eigenvalue weighted by atomic mass is 19.1. The van der Waals surface area contributed by atoms with Crippen molar-refractivity contribution in [3.63, 3.8) is 0 Å². The van der Waals surface area contributed by atoms with Gasteiger partial charge >= 0.3 is 0 Å². The molecule has 1 fully saturated rings. The molecule has 1 atom stereocenters. The average molecular weight is 277 g/mol. The summed E-state index contributed by atoms with van der Waals surface area (Å²) in [5.41, 5.74) is 4.36. The number of hydrogen-bond donors (Lipinski definition) is 2. The van der Waals surface area contributed by atoms with E-state index in [1.165, 1.54) is 18.6 Å². The highest BCUT2D eigenvalue weighted by Gasteiger charge is 2.15. The zero-order valence-electron chi connectivity index (χ0n) is 11.7. The molecule has 0 heterocycles. The highest BCUT2D eigenvalue weighted by molar-refractivity contribution is 5.89. The number of hydrogen-bond acceptors (Lipinski definition) is 3. The molecule has 2 N–H and O–H groups in total. The van der Waals surface area contributed by atoms with Gasteiger partial charge in [0.1, 0.15) is 5.82 Å². The second-order valence-electron chi connectivity index (χ2n) is 5.15. The van der Waals surface area contributed by atoms with Gasteiger partial charge in [0.15, 0.2) is 0 Å². The van der Waals surface area contributed by atoms with E-state index in [-0.39, 0.29) is 18.3 Å². The van der Waals surface area contributed by atoms with Crippen LogP contribution in [0.15, 0.2) is 29.4 Å². The Bertz CT molecular complexity index is 484. The summed E-state index contributed by atoms with van der Waals surface area (Å²) in [4.78, 5) is 11.7. The smallest absolute Gasteiger partial charge is 0.259 e. The van der Waals surface area contributed by atoms with Gasteiger partial charge in [-0.15, -0.1) is 0 Å². The lowest BCUT2D eigenvalue weighted by Gasteiger charge is -2.19. The first-order valence-corrected chi connectivity index (χ1v) is 7.00. The van der Waals surface area contributed by atoms with Crippen molar-refractivity contribution >= 4 is 17.3 Å². The van der Waals surface area contributed by atoms with E-state index >= 15 is 0 Å². The Balaban J connectivity index is 1.77. The molecule has 0 aromatic heterocycles. The largest absolute Gasteiger partial charge is 0.376 e. The van der Waals surface area contributed by atoms with Gasteiger partial charge < -0.3 is 5.32 Å². The maximum atomic E-state index is 12.7. The van der Waals surface area contributed by atoms with E-state index in [0.29, 0.717) is 11.6 Å². The summed E-state index contributed by atoms with van der Waals surface area (Å²) >= 11 is 0. The molecule has 1 aliphatic carbocycles. The first-order valence-electron chi connectivity index (χ1n) is 7.00. The third-order valence-corrected chi connectivity index (χ3v) is 3.51. The molecule has 0 unspecified atom stereocenters. The highest BCUT2D eigenvalue weighted by Crippen LogP contribution is 2.20. The van der Waals surface area contributed by atoms with Crippen LogP contribution in [0.25, 0.3) is 0 Å². The normalized spacial score (nSPS) is 20.7. The van der Waals surface area contributed by atoms with Crippen molar-refractivity contribution in [2.24, 2.45) is 11.0 Å². The van der Waals surface area contributed by atoms with Crippen molar-refractivity contribution < 1.29 is 9.18 Å². The van der Waals surface area contributed by atoms with Gasteiger partial charge in [-0.2, -0.15) is 5.10 Å². The van der Waals surface area contributed by atoms with Crippen molar-refractivity contribution in [2.45, 2.75) is 32.6 Å². The molecule has 0 aliphatic heterocycles. The maximum absolute atomic E-state index is 12.7. The third-order valence-electron chi connectivity index (χ3n) is 3.51. The van der Waals surface area contributed by atoms with Gasteiger partial charge in [0.25, 0.3) is 5.91 Å². The average Bonchev–Trinajstić information content (AvgIpc) is 2.46. The number of nitrogens with zero attached hydrogens (tertiary/aromatic N) is 1. The summed E-state index contributed by atoms with van der Waals surface area (Å²) in [5.74, 6) is -0.0357. The molecule has 0 saturated heterocycles. The molecule has 0 bridgehead atoms. The molecule has 1 aromatic carbocycles. The number of anilines is 1. The minimum atomic E-state index is -0.294. The Morgan fingerprint density at radius 2 is 2.10 bits per heavy atom. The van der Waals surface area contributed by atoms with Crippen LogP contribution in [0.2, 0.25) is 0 Å². The van der Waals surface area contributed by atoms with E-state index in [1.807, 2.05) is 0 Å². The van der Waals surface area contributed by atoms with E-state index in [2.05, 4.69) is 22.8 Å². The predicted octanol–water partition coefficient (Wildman–Crippen LogP) is 2.92. The number of hydrazone groups is 1. The van der Waals surface area contributed by atoms with Gasteiger partial charge in [-0.05, 0) is 49.4 Å². The third kappa shape index (κ3) is 4.33. The van der Waals surface area contributed by atoms with Crippen molar-refractivity contribution in [3.8, 4) is 0 Å². The quantitative estimate of drug-likeness (QED) is 0.831. The first-order chi connectivity index (χ1) is 9.65. The fourth-order valence-corrected chi connectivity index (χ4v) is 2.26. The molecule has 1 saturated carbocycles. The number of amides is 1. The number of carbonyl (C=O) groups excluding carboxylic acids is 1. The summed E-state index contributed by atoms with van der Waals surface area (Å²) in [6.45, 7) is 2.26. The van der Waals surface area contributed by atoms with Gasteiger partial charge in [0.2, 0.25) is 0 Å². The minimum Gasteiger partial charge on any atom is -0.376 e. The minimum absolute atomic E-state index is 0.122. The van der Waals surface area contributed by atoms with Crippen LogP contribution < -0.4 is 10.7 Å². The van der Waals surface area contributed by atoms with Crippen LogP contribution in [0.1, 0.15) is 32.6 Å². The van der Waals surface area contributed by atoms with Crippen LogP contribution in [0, 0.1) is 11.7 Å². The van der Waals surface area contributed by atoms with Crippen LogP contribution >= 0.6 is 0 Å². The fourth-order valence-electron chi connectivity index (χ4n) is 2.26. The van der Waals surface area contributed by atoms with E-state index in [4.69, 9.17) is 0 Å². The van der Waals surface area contributed by atoms with Crippen molar-refractivity contribution in [1.82, 2.24) is 5.43 Å². The SMILES string of the molecule is C[C@H]1CCCCC1=NNC(=O)CNc1ccc(F)cc1. The molecule has 0 radical (unpaired) electrons. The zero-order chi connectivity index (χ0) is 14.4. The molecule has 1 aromatic rings. The zero-order valence-corrected chi connectivity index (χ0v) is 11.7. The summed E-state index contributed by atoms with van der Waals surface area (Å²) in [6, 6.07) is 5.89. The first kappa shape index (κ1) is 14.5. The Labute approximate surface area is 118 Å². The molecule has 108 valence electrons. The summed E-state index contributed by atoms with van der Waals surface area (Å²) < 4.78 is 12.7. The van der Waals surface area contributed by atoms with Crippen LogP contribution in [0.4, 0.5) is 10.1 Å². The summed E-state index contributed by atoms with van der Waals surface area (Å²) in [7, 11) is 0. The van der Waals surface area contributed by atoms with E-state index in [0.717, 1.165) is 25.0 Å². The lowest BCUT2D eigenvalue weighted by molar-refractivity contribution is -0.119. The number of nitrogens with one attached hydrogen (secondary N) is 2. The Morgan fingerprint density at radius 1 is 1.35 bits per heavy atom. The molecular weight excluding hydrogens is 257 g/mol. The molecular formula is C15H20FN3O. The molecule has 5 heteroatoms. The van der Waals surface area contributed by atoms with Gasteiger partial charge in [0.05, 0.1) is 6.54 Å². The molecule has 20 heavy (non-hydrogen) atoms. The lowest BCUT2D eigenvalue weighted by Crippen LogP contribution is -2.28. The van der Waals surface area contributed by atoms with Gasteiger partial charge in [0, 0.05) is 11.4 Å². The summed E-state index contributed by atoms with van der Waals surface area (Å²) in [6.07, 6.45) is 4.49. The van der Waals surface area contributed by atoms with Crippen molar-refractivity contribution in [1.29, 1.82) is 0 Å². The fraction of sp³-hybridized carbons (Fsp3) is 0.467. The van der Waals surface area contributed by atoms with Gasteiger partial charge in [-0.25, -0.2) is 9.82 Å². The second kappa shape index (κ2) is 7.03. The van der Waals surface area contributed by atoms with E-state index < -0.39 is 0 Å². The molecule has 1 amide bonds. The predicted molar refractivity (Wildman–Crippen MR) is 78.1 cm³/mol. The lowest BCUT2D eigenvalue weighted by atomic mass is 9.89. The standard InChI is InChI=1S/C15H20FN3O/c1-11-4-2-3-5-14(11)18-19-15(20)10-17-13-8-6-12(16)7-9-13/h6-9,11,17H,2-5,10H2,1H3,(H,19,20)/t11-/m0/s1. The van der Waals surface area contributed by atoms with Crippen LogP contribution in [0.5, 0.6) is 0 Å².